The summed E-state index contributed by atoms with van der Waals surface area (Å²) in [7, 11) is -7.37. The minimum absolute atomic E-state index is 0.135. The zero-order valence-corrected chi connectivity index (χ0v) is 12.9. The third-order valence-electron chi connectivity index (χ3n) is 3.17. The summed E-state index contributed by atoms with van der Waals surface area (Å²) in [5.41, 5.74) is 0. The number of hydrogen-bond donors (Lipinski definition) is 1. The van der Waals surface area contributed by atoms with Crippen LogP contribution in [0.25, 0.3) is 0 Å². The highest BCUT2D eigenvalue weighted by Gasteiger charge is 2.29. The number of hydrogen-bond acceptors (Lipinski definition) is 5. The lowest BCUT2D eigenvalue weighted by atomic mass is 10.4. The lowest BCUT2D eigenvalue weighted by Crippen LogP contribution is -2.34. The number of rotatable bonds is 3. The predicted molar refractivity (Wildman–Crippen MR) is 75.8 cm³/mol. The highest BCUT2D eigenvalue weighted by Crippen LogP contribution is 2.24. The van der Waals surface area contributed by atoms with Crippen LogP contribution in [0.15, 0.2) is 34.1 Å². The summed E-state index contributed by atoms with van der Waals surface area (Å²) < 4.78 is 50.1. The van der Waals surface area contributed by atoms with Crippen molar-refractivity contribution >= 4 is 19.9 Å². The summed E-state index contributed by atoms with van der Waals surface area (Å²) in [4.78, 5) is -0.276. The second kappa shape index (κ2) is 5.80. The number of nitrogens with zero attached hydrogens (tertiary/aromatic N) is 1. The van der Waals surface area contributed by atoms with E-state index in [2.05, 4.69) is 5.32 Å². The normalized spacial score (nSPS) is 18.6. The molecule has 1 fully saturated rings. The van der Waals surface area contributed by atoms with Gasteiger partial charge in [-0.15, -0.1) is 0 Å². The fourth-order valence-electron chi connectivity index (χ4n) is 2.17. The van der Waals surface area contributed by atoms with E-state index in [0.29, 0.717) is 26.1 Å². The molecule has 0 bridgehead atoms. The number of sulfonamides is 1. The summed E-state index contributed by atoms with van der Waals surface area (Å²) in [6, 6.07) is 5.75. The Kier molecular flexibility index (Phi) is 4.48. The first kappa shape index (κ1) is 15.4. The monoisotopic (exact) mass is 318 g/mol. The van der Waals surface area contributed by atoms with E-state index in [0.717, 1.165) is 12.8 Å². The molecule has 1 heterocycles. The molecule has 8 heteroatoms. The maximum Gasteiger partial charge on any atom is 0.244 e. The molecule has 0 aromatic heterocycles. The summed E-state index contributed by atoms with van der Waals surface area (Å²) in [6.07, 6.45) is 1.73. The first-order chi connectivity index (χ1) is 9.33. The van der Waals surface area contributed by atoms with Crippen molar-refractivity contribution in [3.8, 4) is 0 Å². The van der Waals surface area contributed by atoms with Gasteiger partial charge in [0.25, 0.3) is 0 Å². The first-order valence-electron chi connectivity index (χ1n) is 6.33. The topological polar surface area (TPSA) is 83.5 Å². The second-order valence-corrected chi connectivity index (χ2v) is 8.62. The quantitative estimate of drug-likeness (QED) is 0.853. The van der Waals surface area contributed by atoms with Crippen LogP contribution in [0.2, 0.25) is 0 Å². The standard InChI is InChI=1S/C12H18N2O4S2/c1-19(15,16)11-5-2-3-6-12(11)20(17,18)14-9-4-7-13-8-10-14/h2-3,5-6,13H,4,7-10H2,1H3. The highest BCUT2D eigenvalue weighted by molar-refractivity contribution is 7.93. The minimum atomic E-state index is -3.78. The SMILES string of the molecule is CS(=O)(=O)c1ccccc1S(=O)(=O)N1CCCNCC1. The molecular formula is C12H18N2O4S2. The van der Waals surface area contributed by atoms with Crippen molar-refractivity contribution in [3.63, 3.8) is 0 Å². The number of benzene rings is 1. The van der Waals surface area contributed by atoms with Crippen LogP contribution >= 0.6 is 0 Å². The van der Waals surface area contributed by atoms with E-state index in [1.807, 2.05) is 0 Å². The van der Waals surface area contributed by atoms with Crippen molar-refractivity contribution < 1.29 is 16.8 Å². The predicted octanol–water partition coefficient (Wildman–Crippen LogP) is 0.0741. The van der Waals surface area contributed by atoms with E-state index in [-0.39, 0.29) is 9.79 Å². The number of nitrogens with one attached hydrogen (secondary N) is 1. The molecule has 0 atom stereocenters. The lowest BCUT2D eigenvalue weighted by Gasteiger charge is -2.20. The van der Waals surface area contributed by atoms with Gasteiger partial charge in [-0.3, -0.25) is 0 Å². The van der Waals surface area contributed by atoms with Crippen LogP contribution in [-0.4, -0.2) is 53.6 Å². The molecule has 0 aliphatic carbocycles. The molecule has 6 nitrogen and oxygen atoms in total. The molecule has 20 heavy (non-hydrogen) atoms. The van der Waals surface area contributed by atoms with Gasteiger partial charge in [0.05, 0.1) is 4.90 Å². The highest BCUT2D eigenvalue weighted by atomic mass is 32.2. The van der Waals surface area contributed by atoms with Crippen molar-refractivity contribution in [2.75, 3.05) is 32.4 Å². The van der Waals surface area contributed by atoms with Gasteiger partial charge in [0.15, 0.2) is 9.84 Å². The molecule has 0 unspecified atom stereocenters. The smallest absolute Gasteiger partial charge is 0.244 e. The molecule has 112 valence electrons. The van der Waals surface area contributed by atoms with E-state index in [1.165, 1.54) is 28.6 Å². The van der Waals surface area contributed by atoms with Gasteiger partial charge in [0.2, 0.25) is 10.0 Å². The van der Waals surface area contributed by atoms with Gasteiger partial charge < -0.3 is 5.32 Å². The van der Waals surface area contributed by atoms with Crippen LogP contribution in [0.5, 0.6) is 0 Å². The van der Waals surface area contributed by atoms with E-state index in [9.17, 15) is 16.8 Å². The third kappa shape index (κ3) is 3.20. The Morgan fingerprint density at radius 2 is 1.65 bits per heavy atom. The maximum atomic E-state index is 12.6. The maximum absolute atomic E-state index is 12.6. The Balaban J connectivity index is 2.49. The van der Waals surface area contributed by atoms with Crippen LogP contribution in [0, 0.1) is 0 Å². The molecule has 1 aromatic carbocycles. The molecule has 1 saturated heterocycles. The van der Waals surface area contributed by atoms with Crippen LogP contribution in [-0.2, 0) is 19.9 Å². The molecular weight excluding hydrogens is 300 g/mol. The Morgan fingerprint density at radius 3 is 2.30 bits per heavy atom. The van der Waals surface area contributed by atoms with Gasteiger partial charge in [-0.05, 0) is 25.1 Å². The fraction of sp³-hybridized carbons (Fsp3) is 0.500. The fourth-order valence-corrected chi connectivity index (χ4v) is 5.25. The van der Waals surface area contributed by atoms with E-state index in [4.69, 9.17) is 0 Å². The van der Waals surface area contributed by atoms with Gasteiger partial charge >= 0.3 is 0 Å². The van der Waals surface area contributed by atoms with Crippen molar-refractivity contribution in [1.82, 2.24) is 9.62 Å². The molecule has 0 amide bonds. The van der Waals surface area contributed by atoms with E-state index >= 15 is 0 Å². The molecule has 0 radical (unpaired) electrons. The Morgan fingerprint density at radius 1 is 1.00 bits per heavy atom. The third-order valence-corrected chi connectivity index (χ3v) is 6.41. The Hall–Kier alpha value is -0.960. The van der Waals surface area contributed by atoms with Crippen molar-refractivity contribution in [1.29, 1.82) is 0 Å². The number of sulfone groups is 1. The zero-order chi connectivity index (χ0) is 14.8. The van der Waals surface area contributed by atoms with Crippen LogP contribution in [0.4, 0.5) is 0 Å². The average molecular weight is 318 g/mol. The van der Waals surface area contributed by atoms with Crippen molar-refractivity contribution in [2.45, 2.75) is 16.2 Å². The van der Waals surface area contributed by atoms with Crippen LogP contribution in [0.1, 0.15) is 6.42 Å². The van der Waals surface area contributed by atoms with Crippen molar-refractivity contribution in [2.24, 2.45) is 0 Å². The summed E-state index contributed by atoms with van der Waals surface area (Å²) in [6.45, 7) is 2.08. The summed E-state index contributed by atoms with van der Waals surface area (Å²) in [5.74, 6) is 0. The molecule has 1 aliphatic heterocycles. The molecule has 1 aliphatic rings. The average Bonchev–Trinajstić information content (AvgIpc) is 2.67. The van der Waals surface area contributed by atoms with E-state index < -0.39 is 19.9 Å². The Labute approximate surface area is 119 Å². The summed E-state index contributed by atoms with van der Waals surface area (Å²) >= 11 is 0. The van der Waals surface area contributed by atoms with Gasteiger partial charge in [0, 0.05) is 25.9 Å². The lowest BCUT2D eigenvalue weighted by molar-refractivity contribution is 0.430. The zero-order valence-electron chi connectivity index (χ0n) is 11.2. The molecule has 0 saturated carbocycles. The van der Waals surface area contributed by atoms with Gasteiger partial charge in [0.1, 0.15) is 4.90 Å². The Bertz CT molecular complexity index is 675. The first-order valence-corrected chi connectivity index (χ1v) is 9.66. The second-order valence-electron chi connectivity index (χ2n) is 4.73. The van der Waals surface area contributed by atoms with Gasteiger partial charge in [-0.25, -0.2) is 16.8 Å². The van der Waals surface area contributed by atoms with Crippen LogP contribution < -0.4 is 5.32 Å². The molecule has 2 rings (SSSR count). The van der Waals surface area contributed by atoms with Gasteiger partial charge in [-0.2, -0.15) is 4.31 Å². The minimum Gasteiger partial charge on any atom is -0.315 e. The molecule has 1 aromatic rings. The molecule has 1 N–H and O–H groups in total. The largest absolute Gasteiger partial charge is 0.315 e. The van der Waals surface area contributed by atoms with Crippen molar-refractivity contribution in [3.05, 3.63) is 24.3 Å². The van der Waals surface area contributed by atoms with Gasteiger partial charge in [-0.1, -0.05) is 12.1 Å². The summed E-state index contributed by atoms with van der Waals surface area (Å²) in [5, 5.41) is 3.12. The van der Waals surface area contributed by atoms with E-state index in [1.54, 1.807) is 0 Å². The molecule has 0 spiro atoms. The van der Waals surface area contributed by atoms with Crippen LogP contribution in [0.3, 0.4) is 0 Å².